The van der Waals surface area contributed by atoms with Gasteiger partial charge in [-0.25, -0.2) is 8.42 Å². The Labute approximate surface area is 109 Å². The fraction of sp³-hybridized carbons (Fsp3) is 0.500. The van der Waals surface area contributed by atoms with Crippen molar-refractivity contribution in [3.05, 3.63) is 17.7 Å². The molecule has 0 unspecified atom stereocenters. The Kier molecular flexibility index (Phi) is 4.59. The fourth-order valence-electron chi connectivity index (χ4n) is 1.91. The smallest absolute Gasteiger partial charge is 0.243 e. The molecule has 102 valence electrons. The first-order valence-electron chi connectivity index (χ1n) is 5.82. The lowest BCUT2D eigenvalue weighted by Crippen LogP contribution is -2.30. The van der Waals surface area contributed by atoms with E-state index in [1.165, 1.54) is 17.5 Å². The quantitative estimate of drug-likeness (QED) is 0.827. The standard InChI is InChI=1S/C12H20N2O3S/c1-5-14(6-2)18(15,16)10-7-9(3)12(17-4)11(13)8-10/h7-8H,5-6,13H2,1-4H3. The molecule has 0 radical (unpaired) electrons. The van der Waals surface area contributed by atoms with Gasteiger partial charge < -0.3 is 10.5 Å². The lowest BCUT2D eigenvalue weighted by Gasteiger charge is -2.19. The van der Waals surface area contributed by atoms with Gasteiger partial charge in [-0.2, -0.15) is 4.31 Å². The third kappa shape index (κ3) is 2.59. The Hall–Kier alpha value is -1.27. The zero-order valence-electron chi connectivity index (χ0n) is 11.2. The predicted octanol–water partition coefficient (Wildman–Crippen LogP) is 1.62. The molecule has 18 heavy (non-hydrogen) atoms. The molecule has 0 aliphatic rings. The first-order chi connectivity index (χ1) is 8.38. The fourth-order valence-corrected chi connectivity index (χ4v) is 3.49. The number of anilines is 1. The number of nitrogens with two attached hydrogens (primary N) is 1. The van der Waals surface area contributed by atoms with E-state index in [4.69, 9.17) is 10.5 Å². The number of hydrogen-bond donors (Lipinski definition) is 1. The van der Waals surface area contributed by atoms with E-state index in [-0.39, 0.29) is 4.90 Å². The van der Waals surface area contributed by atoms with Gasteiger partial charge in [0.25, 0.3) is 0 Å². The van der Waals surface area contributed by atoms with Crippen LogP contribution in [0.4, 0.5) is 5.69 Å². The number of aryl methyl sites for hydroxylation is 1. The highest BCUT2D eigenvalue weighted by molar-refractivity contribution is 7.89. The molecule has 2 N–H and O–H groups in total. The first kappa shape index (κ1) is 14.8. The first-order valence-corrected chi connectivity index (χ1v) is 7.26. The summed E-state index contributed by atoms with van der Waals surface area (Å²) in [6.45, 7) is 6.26. The molecule has 0 fully saturated rings. The van der Waals surface area contributed by atoms with E-state index in [0.29, 0.717) is 30.1 Å². The van der Waals surface area contributed by atoms with Crippen molar-refractivity contribution in [2.24, 2.45) is 0 Å². The Morgan fingerprint density at radius 1 is 1.28 bits per heavy atom. The second-order valence-corrected chi connectivity index (χ2v) is 5.89. The number of benzene rings is 1. The van der Waals surface area contributed by atoms with Gasteiger partial charge in [0, 0.05) is 13.1 Å². The molecule has 0 aliphatic heterocycles. The summed E-state index contributed by atoms with van der Waals surface area (Å²) in [5.74, 6) is 0.522. The van der Waals surface area contributed by atoms with E-state index in [1.807, 2.05) is 0 Å². The van der Waals surface area contributed by atoms with Gasteiger partial charge in [-0.3, -0.25) is 0 Å². The molecule has 0 amide bonds. The molecule has 1 aromatic rings. The molecule has 1 aromatic carbocycles. The molecule has 1 rings (SSSR count). The van der Waals surface area contributed by atoms with Crippen LogP contribution in [0.3, 0.4) is 0 Å². The van der Waals surface area contributed by atoms with Gasteiger partial charge in [0.1, 0.15) is 5.75 Å². The molecule has 6 heteroatoms. The average molecular weight is 272 g/mol. The van der Waals surface area contributed by atoms with Crippen molar-refractivity contribution in [1.82, 2.24) is 4.31 Å². The summed E-state index contributed by atoms with van der Waals surface area (Å²) >= 11 is 0. The molecule has 0 heterocycles. The van der Waals surface area contributed by atoms with Crippen molar-refractivity contribution < 1.29 is 13.2 Å². The van der Waals surface area contributed by atoms with Gasteiger partial charge in [0.15, 0.2) is 0 Å². The molecule has 0 saturated carbocycles. The van der Waals surface area contributed by atoms with E-state index in [2.05, 4.69) is 0 Å². The third-order valence-corrected chi connectivity index (χ3v) is 4.85. The van der Waals surface area contributed by atoms with Crippen LogP contribution in [0.25, 0.3) is 0 Å². The monoisotopic (exact) mass is 272 g/mol. The number of nitrogens with zero attached hydrogens (tertiary/aromatic N) is 1. The molecule has 0 saturated heterocycles. The summed E-state index contributed by atoms with van der Waals surface area (Å²) in [5.41, 5.74) is 6.85. The van der Waals surface area contributed by atoms with Gasteiger partial charge in [0.05, 0.1) is 17.7 Å². The van der Waals surface area contributed by atoms with Crippen molar-refractivity contribution in [3.63, 3.8) is 0 Å². The van der Waals surface area contributed by atoms with E-state index >= 15 is 0 Å². The molecule has 5 nitrogen and oxygen atoms in total. The van der Waals surface area contributed by atoms with Crippen LogP contribution in [-0.2, 0) is 10.0 Å². The highest BCUT2D eigenvalue weighted by atomic mass is 32.2. The van der Waals surface area contributed by atoms with Crippen molar-refractivity contribution in [2.45, 2.75) is 25.7 Å². The lowest BCUT2D eigenvalue weighted by atomic mass is 10.2. The van der Waals surface area contributed by atoms with Gasteiger partial charge in [-0.05, 0) is 24.6 Å². The number of methoxy groups -OCH3 is 1. The summed E-state index contributed by atoms with van der Waals surface area (Å²) in [7, 11) is -1.96. The molecule has 0 aromatic heterocycles. The Morgan fingerprint density at radius 2 is 1.83 bits per heavy atom. The minimum Gasteiger partial charge on any atom is -0.494 e. The van der Waals surface area contributed by atoms with Crippen LogP contribution in [0.15, 0.2) is 17.0 Å². The summed E-state index contributed by atoms with van der Waals surface area (Å²) in [5, 5.41) is 0. The topological polar surface area (TPSA) is 72.6 Å². The SMILES string of the molecule is CCN(CC)S(=O)(=O)c1cc(C)c(OC)c(N)c1. The van der Waals surface area contributed by atoms with Crippen LogP contribution >= 0.6 is 0 Å². The van der Waals surface area contributed by atoms with Gasteiger partial charge in [0.2, 0.25) is 10.0 Å². The van der Waals surface area contributed by atoms with Crippen molar-refractivity contribution in [1.29, 1.82) is 0 Å². The van der Waals surface area contributed by atoms with E-state index in [0.717, 1.165) is 0 Å². The number of rotatable bonds is 5. The van der Waals surface area contributed by atoms with E-state index in [9.17, 15) is 8.42 Å². The highest BCUT2D eigenvalue weighted by Crippen LogP contribution is 2.30. The van der Waals surface area contributed by atoms with Crippen LogP contribution in [0.2, 0.25) is 0 Å². The maximum atomic E-state index is 12.3. The zero-order chi connectivity index (χ0) is 13.9. The Morgan fingerprint density at radius 3 is 2.22 bits per heavy atom. The molecule has 0 atom stereocenters. The molecular formula is C12H20N2O3S. The molecule has 0 aliphatic carbocycles. The molecular weight excluding hydrogens is 252 g/mol. The number of hydrogen-bond acceptors (Lipinski definition) is 4. The van der Waals surface area contributed by atoms with Crippen molar-refractivity contribution in [3.8, 4) is 5.75 Å². The molecule has 0 spiro atoms. The summed E-state index contributed by atoms with van der Waals surface area (Å²) < 4.78 is 31.2. The second-order valence-electron chi connectivity index (χ2n) is 3.95. The minimum absolute atomic E-state index is 0.210. The average Bonchev–Trinajstić information content (AvgIpc) is 2.29. The predicted molar refractivity (Wildman–Crippen MR) is 72.3 cm³/mol. The van der Waals surface area contributed by atoms with E-state index < -0.39 is 10.0 Å². The minimum atomic E-state index is -3.47. The van der Waals surface area contributed by atoms with Gasteiger partial charge >= 0.3 is 0 Å². The van der Waals surface area contributed by atoms with Crippen molar-refractivity contribution in [2.75, 3.05) is 25.9 Å². The Bertz CT molecular complexity index is 499. The Balaban J connectivity index is 3.35. The number of sulfonamides is 1. The van der Waals surface area contributed by atoms with Crippen LogP contribution in [0, 0.1) is 6.92 Å². The maximum Gasteiger partial charge on any atom is 0.243 e. The maximum absolute atomic E-state index is 12.3. The van der Waals surface area contributed by atoms with Crippen LogP contribution in [-0.4, -0.2) is 32.9 Å². The van der Waals surface area contributed by atoms with Gasteiger partial charge in [-0.15, -0.1) is 0 Å². The lowest BCUT2D eigenvalue weighted by molar-refractivity contribution is 0.413. The highest BCUT2D eigenvalue weighted by Gasteiger charge is 2.23. The van der Waals surface area contributed by atoms with E-state index in [1.54, 1.807) is 26.8 Å². The van der Waals surface area contributed by atoms with Crippen LogP contribution in [0.1, 0.15) is 19.4 Å². The third-order valence-electron chi connectivity index (χ3n) is 2.82. The summed E-state index contributed by atoms with van der Waals surface area (Å²) in [6.07, 6.45) is 0. The zero-order valence-corrected chi connectivity index (χ0v) is 12.0. The normalized spacial score (nSPS) is 11.8. The summed E-state index contributed by atoms with van der Waals surface area (Å²) in [4.78, 5) is 0.210. The molecule has 0 bridgehead atoms. The number of ether oxygens (including phenoxy) is 1. The van der Waals surface area contributed by atoms with Crippen LogP contribution < -0.4 is 10.5 Å². The number of nitrogen functional groups attached to an aromatic ring is 1. The largest absolute Gasteiger partial charge is 0.494 e. The van der Waals surface area contributed by atoms with Crippen molar-refractivity contribution >= 4 is 15.7 Å². The van der Waals surface area contributed by atoms with Gasteiger partial charge in [-0.1, -0.05) is 13.8 Å². The second kappa shape index (κ2) is 5.58. The van der Waals surface area contributed by atoms with Crippen LogP contribution in [0.5, 0.6) is 5.75 Å². The summed E-state index contributed by atoms with van der Waals surface area (Å²) in [6, 6.07) is 3.03.